The van der Waals surface area contributed by atoms with Gasteiger partial charge in [0.2, 0.25) is 22.7 Å². The quantitative estimate of drug-likeness (QED) is 0.810. The van der Waals surface area contributed by atoms with Crippen LogP contribution in [0.2, 0.25) is 0 Å². The van der Waals surface area contributed by atoms with E-state index in [0.717, 1.165) is 22.7 Å². The van der Waals surface area contributed by atoms with Crippen LogP contribution in [0.25, 0.3) is 0 Å². The Labute approximate surface area is 158 Å². The summed E-state index contributed by atoms with van der Waals surface area (Å²) in [5.41, 5.74) is -1.37. The molecule has 1 N–H and O–H groups in total. The van der Waals surface area contributed by atoms with Gasteiger partial charge in [-0.2, -0.15) is 13.2 Å². The Bertz CT molecular complexity index is 1010. The number of nitrogens with zero attached hydrogens (tertiary/aromatic N) is 1. The number of alkyl halides is 3. The Morgan fingerprint density at radius 3 is 2.50 bits per heavy atom. The maximum Gasteiger partial charge on any atom is 0.418 e. The summed E-state index contributed by atoms with van der Waals surface area (Å²) in [5, 5.41) is 2.12. The standard InChI is InChI=1S/C17H15F3N2O5S/c1-28(24,25)22(11-6-7-14-15(8-11)27-10-26-14)9-16(23)21-13-5-3-2-4-12(13)17(18,19)20/h2-8H,9-10H2,1H3,(H,21,23). The number of hydrogen-bond acceptors (Lipinski definition) is 5. The third kappa shape index (κ3) is 4.30. The molecular formula is C17H15F3N2O5S. The molecule has 0 saturated heterocycles. The van der Waals surface area contributed by atoms with Crippen molar-refractivity contribution in [2.75, 3.05) is 29.2 Å². The van der Waals surface area contributed by atoms with Gasteiger partial charge in [0, 0.05) is 6.07 Å². The number of rotatable bonds is 5. The zero-order chi connectivity index (χ0) is 20.5. The SMILES string of the molecule is CS(=O)(=O)N(CC(=O)Nc1ccccc1C(F)(F)F)c1ccc2c(c1)OCO2. The highest BCUT2D eigenvalue weighted by molar-refractivity contribution is 7.92. The Kier molecular flexibility index (Phi) is 5.11. The second-order valence-electron chi connectivity index (χ2n) is 5.90. The first-order valence-electron chi connectivity index (χ1n) is 7.89. The molecule has 28 heavy (non-hydrogen) atoms. The van der Waals surface area contributed by atoms with Crippen molar-refractivity contribution in [1.29, 1.82) is 0 Å². The number of para-hydroxylation sites is 1. The number of hydrogen-bond donors (Lipinski definition) is 1. The number of halogens is 3. The molecule has 0 radical (unpaired) electrons. The van der Waals surface area contributed by atoms with Crippen molar-refractivity contribution in [3.8, 4) is 11.5 Å². The van der Waals surface area contributed by atoms with Crippen molar-refractivity contribution in [3.63, 3.8) is 0 Å². The Morgan fingerprint density at radius 2 is 1.82 bits per heavy atom. The zero-order valence-electron chi connectivity index (χ0n) is 14.5. The van der Waals surface area contributed by atoms with Crippen LogP contribution in [0.5, 0.6) is 11.5 Å². The predicted molar refractivity (Wildman–Crippen MR) is 94.8 cm³/mol. The van der Waals surface area contributed by atoms with E-state index in [1.165, 1.54) is 30.3 Å². The second kappa shape index (κ2) is 7.23. The molecule has 2 aromatic rings. The first-order valence-corrected chi connectivity index (χ1v) is 9.74. The van der Waals surface area contributed by atoms with Crippen molar-refractivity contribution < 1.29 is 35.9 Å². The summed E-state index contributed by atoms with van der Waals surface area (Å²) in [4.78, 5) is 12.3. The molecule has 0 atom stereocenters. The van der Waals surface area contributed by atoms with Crippen molar-refractivity contribution in [1.82, 2.24) is 0 Å². The molecule has 2 aromatic carbocycles. The van der Waals surface area contributed by atoms with Gasteiger partial charge in [0.1, 0.15) is 6.54 Å². The molecule has 11 heteroatoms. The highest BCUT2D eigenvalue weighted by atomic mass is 32.2. The smallest absolute Gasteiger partial charge is 0.418 e. The molecule has 0 saturated carbocycles. The van der Waals surface area contributed by atoms with Gasteiger partial charge < -0.3 is 14.8 Å². The molecule has 1 heterocycles. The van der Waals surface area contributed by atoms with Gasteiger partial charge in [0.25, 0.3) is 0 Å². The van der Waals surface area contributed by atoms with E-state index in [9.17, 15) is 26.4 Å². The maximum atomic E-state index is 13.1. The van der Waals surface area contributed by atoms with E-state index < -0.39 is 39.9 Å². The van der Waals surface area contributed by atoms with Crippen LogP contribution in [-0.2, 0) is 21.0 Å². The average molecular weight is 416 g/mol. The van der Waals surface area contributed by atoms with Gasteiger partial charge in [0.15, 0.2) is 11.5 Å². The van der Waals surface area contributed by atoms with Crippen LogP contribution in [0.3, 0.4) is 0 Å². The minimum absolute atomic E-state index is 0.0215. The van der Waals surface area contributed by atoms with Gasteiger partial charge >= 0.3 is 6.18 Å². The highest BCUT2D eigenvalue weighted by Gasteiger charge is 2.34. The summed E-state index contributed by atoms with van der Waals surface area (Å²) in [6.45, 7) is -0.739. The molecule has 0 aliphatic carbocycles. The molecule has 0 bridgehead atoms. The van der Waals surface area contributed by atoms with Crippen LogP contribution in [0.1, 0.15) is 5.56 Å². The van der Waals surface area contributed by atoms with Gasteiger partial charge in [-0.15, -0.1) is 0 Å². The molecule has 1 aliphatic heterocycles. The van der Waals surface area contributed by atoms with Crippen molar-refractivity contribution >= 4 is 27.3 Å². The Balaban J connectivity index is 1.84. The van der Waals surface area contributed by atoms with E-state index in [1.807, 2.05) is 0 Å². The lowest BCUT2D eigenvalue weighted by Gasteiger charge is -2.22. The largest absolute Gasteiger partial charge is 0.454 e. The van der Waals surface area contributed by atoms with Crippen molar-refractivity contribution in [3.05, 3.63) is 48.0 Å². The first-order chi connectivity index (χ1) is 13.1. The summed E-state index contributed by atoms with van der Waals surface area (Å²) in [6.07, 6.45) is -3.79. The number of carbonyl (C=O) groups is 1. The van der Waals surface area contributed by atoms with Gasteiger partial charge in [-0.3, -0.25) is 9.10 Å². The monoisotopic (exact) mass is 416 g/mol. The summed E-state index contributed by atoms with van der Waals surface area (Å²) in [7, 11) is -3.91. The number of anilines is 2. The van der Waals surface area contributed by atoms with Gasteiger partial charge in [-0.1, -0.05) is 12.1 Å². The van der Waals surface area contributed by atoms with E-state index in [4.69, 9.17) is 9.47 Å². The number of benzene rings is 2. The molecule has 0 fully saturated rings. The summed E-state index contributed by atoms with van der Waals surface area (Å²) in [6, 6.07) is 8.69. The third-order valence-electron chi connectivity index (χ3n) is 3.84. The van der Waals surface area contributed by atoms with E-state index >= 15 is 0 Å². The second-order valence-corrected chi connectivity index (χ2v) is 7.81. The number of carbonyl (C=O) groups excluding carboxylic acids is 1. The van der Waals surface area contributed by atoms with E-state index in [0.29, 0.717) is 11.5 Å². The Morgan fingerprint density at radius 1 is 1.14 bits per heavy atom. The molecule has 0 aromatic heterocycles. The van der Waals surface area contributed by atoms with Gasteiger partial charge in [-0.05, 0) is 24.3 Å². The van der Waals surface area contributed by atoms with Crippen molar-refractivity contribution in [2.24, 2.45) is 0 Å². The fourth-order valence-electron chi connectivity index (χ4n) is 2.60. The molecular weight excluding hydrogens is 401 g/mol. The molecule has 3 rings (SSSR count). The lowest BCUT2D eigenvalue weighted by molar-refractivity contribution is -0.137. The molecule has 1 aliphatic rings. The van der Waals surface area contributed by atoms with Crippen LogP contribution in [-0.4, -0.2) is 33.9 Å². The summed E-state index contributed by atoms with van der Waals surface area (Å²) in [5.74, 6) is -0.213. The summed E-state index contributed by atoms with van der Waals surface area (Å²) < 4.78 is 74.6. The van der Waals surface area contributed by atoms with E-state index in [1.54, 1.807) is 0 Å². The average Bonchev–Trinajstić information content (AvgIpc) is 3.06. The molecule has 0 unspecified atom stereocenters. The number of ether oxygens (including phenoxy) is 2. The lowest BCUT2D eigenvalue weighted by Crippen LogP contribution is -2.37. The predicted octanol–water partition coefficient (Wildman–Crippen LogP) is 2.84. The molecule has 7 nitrogen and oxygen atoms in total. The molecule has 150 valence electrons. The minimum Gasteiger partial charge on any atom is -0.454 e. The number of fused-ring (bicyclic) bond motifs is 1. The highest BCUT2D eigenvalue weighted by Crippen LogP contribution is 2.36. The normalized spacial score (nSPS) is 13.3. The Hall–Kier alpha value is -2.95. The number of amides is 1. The molecule has 0 spiro atoms. The summed E-state index contributed by atoms with van der Waals surface area (Å²) >= 11 is 0. The van der Waals surface area contributed by atoms with Crippen LogP contribution < -0.4 is 19.1 Å². The van der Waals surface area contributed by atoms with E-state index in [2.05, 4.69) is 5.32 Å². The fraction of sp³-hybridized carbons (Fsp3) is 0.235. The maximum absolute atomic E-state index is 13.1. The lowest BCUT2D eigenvalue weighted by atomic mass is 10.1. The van der Waals surface area contributed by atoms with Gasteiger partial charge in [-0.25, -0.2) is 8.42 Å². The molecule has 1 amide bonds. The van der Waals surface area contributed by atoms with Crippen LogP contribution in [0, 0.1) is 0 Å². The van der Waals surface area contributed by atoms with E-state index in [-0.39, 0.29) is 12.5 Å². The minimum atomic E-state index is -4.67. The number of nitrogens with one attached hydrogen (secondary N) is 1. The third-order valence-corrected chi connectivity index (χ3v) is 4.98. The van der Waals surface area contributed by atoms with Crippen LogP contribution >= 0.6 is 0 Å². The first kappa shape index (κ1) is 19.8. The van der Waals surface area contributed by atoms with Crippen molar-refractivity contribution in [2.45, 2.75) is 6.18 Å². The van der Waals surface area contributed by atoms with Crippen LogP contribution in [0.4, 0.5) is 24.5 Å². The number of sulfonamides is 1. The van der Waals surface area contributed by atoms with Crippen LogP contribution in [0.15, 0.2) is 42.5 Å². The zero-order valence-corrected chi connectivity index (χ0v) is 15.3. The topological polar surface area (TPSA) is 84.9 Å². The van der Waals surface area contributed by atoms with Gasteiger partial charge in [0.05, 0.1) is 23.2 Å². The fourth-order valence-corrected chi connectivity index (χ4v) is 3.45.